The Hall–Kier alpha value is -3.34. The minimum atomic E-state index is -3.89. The molecule has 0 saturated carbocycles. The van der Waals surface area contributed by atoms with Crippen LogP contribution in [0.2, 0.25) is 0 Å². The number of sulfonamides is 1. The number of carbonyl (C=O) groups is 2. The highest BCUT2D eigenvalue weighted by molar-refractivity contribution is 7.92. The number of ether oxygens (including phenoxy) is 2. The van der Waals surface area contributed by atoms with Crippen molar-refractivity contribution in [3.63, 3.8) is 0 Å². The number of hydrogen-bond acceptors (Lipinski definition) is 6. The second-order valence-electron chi connectivity index (χ2n) is 7.53. The second-order valence-corrected chi connectivity index (χ2v) is 9.43. The molecule has 0 saturated heterocycles. The summed E-state index contributed by atoms with van der Waals surface area (Å²) in [5, 5.41) is 2.66. The quantitative estimate of drug-likeness (QED) is 0.512. The number of likely N-dealkylation sites (N-methyl/N-ethyl adjacent to an activating group) is 1. The predicted molar refractivity (Wildman–Crippen MR) is 127 cm³/mol. The molecule has 0 bridgehead atoms. The van der Waals surface area contributed by atoms with Crippen LogP contribution in [-0.2, 0) is 26.2 Å². The topological polar surface area (TPSA) is 105 Å². The van der Waals surface area contributed by atoms with E-state index in [1.165, 1.54) is 61.6 Å². The van der Waals surface area contributed by atoms with Crippen LogP contribution in [-0.4, -0.2) is 64.7 Å². The van der Waals surface area contributed by atoms with Crippen LogP contribution in [0.15, 0.2) is 42.5 Å². The number of benzene rings is 2. The zero-order chi connectivity index (χ0) is 25.5. The minimum Gasteiger partial charge on any atom is -0.493 e. The van der Waals surface area contributed by atoms with Crippen molar-refractivity contribution < 1.29 is 31.9 Å². The van der Waals surface area contributed by atoms with Crippen molar-refractivity contribution in [2.24, 2.45) is 0 Å². The lowest BCUT2D eigenvalue weighted by atomic mass is 10.1. The lowest BCUT2D eigenvalue weighted by molar-refractivity contribution is -0.139. The van der Waals surface area contributed by atoms with Crippen molar-refractivity contribution in [3.8, 4) is 11.5 Å². The van der Waals surface area contributed by atoms with Gasteiger partial charge in [-0.3, -0.25) is 13.9 Å². The number of amides is 2. The molecule has 1 atom stereocenters. The van der Waals surface area contributed by atoms with Crippen molar-refractivity contribution in [1.29, 1.82) is 0 Å². The summed E-state index contributed by atoms with van der Waals surface area (Å²) in [6.45, 7) is 3.09. The fourth-order valence-corrected chi connectivity index (χ4v) is 4.13. The van der Waals surface area contributed by atoms with Crippen LogP contribution >= 0.6 is 0 Å². The van der Waals surface area contributed by atoms with Crippen molar-refractivity contribution >= 4 is 27.5 Å². The zero-order valence-electron chi connectivity index (χ0n) is 19.9. The maximum Gasteiger partial charge on any atom is 0.244 e. The molecule has 0 aliphatic carbocycles. The maximum absolute atomic E-state index is 13.4. The summed E-state index contributed by atoms with van der Waals surface area (Å²) < 4.78 is 49.9. The van der Waals surface area contributed by atoms with Crippen LogP contribution in [0.25, 0.3) is 0 Å². The van der Waals surface area contributed by atoms with E-state index in [0.29, 0.717) is 23.6 Å². The summed E-state index contributed by atoms with van der Waals surface area (Å²) in [4.78, 5) is 27.2. The standard InChI is InChI=1S/C23H30FN3O6S/c1-6-25-23(29)16(2)26(14-17-7-9-18(24)10-8-17)22(28)15-27(34(5,30)31)19-11-12-20(32-3)21(13-19)33-4/h7-13,16H,6,14-15H2,1-5H3,(H,25,29). The number of rotatable bonds is 11. The van der Waals surface area contributed by atoms with Gasteiger partial charge in [0.15, 0.2) is 11.5 Å². The molecule has 186 valence electrons. The molecule has 11 heteroatoms. The lowest BCUT2D eigenvalue weighted by Gasteiger charge is -2.31. The molecule has 2 amide bonds. The molecule has 0 fully saturated rings. The molecule has 34 heavy (non-hydrogen) atoms. The van der Waals surface area contributed by atoms with Crippen molar-refractivity contribution in [2.75, 3.05) is 37.9 Å². The number of nitrogens with zero attached hydrogens (tertiary/aromatic N) is 2. The van der Waals surface area contributed by atoms with Gasteiger partial charge in [0.05, 0.1) is 26.2 Å². The molecule has 0 aliphatic heterocycles. The fourth-order valence-electron chi connectivity index (χ4n) is 3.28. The van der Waals surface area contributed by atoms with Gasteiger partial charge in [0.25, 0.3) is 0 Å². The minimum absolute atomic E-state index is 0.0129. The first-order chi connectivity index (χ1) is 16.0. The Bertz CT molecular complexity index is 1110. The molecule has 0 aromatic heterocycles. The van der Waals surface area contributed by atoms with Gasteiger partial charge in [-0.2, -0.15) is 0 Å². The van der Waals surface area contributed by atoms with Gasteiger partial charge >= 0.3 is 0 Å². The average molecular weight is 496 g/mol. The van der Waals surface area contributed by atoms with Gasteiger partial charge in [0.1, 0.15) is 18.4 Å². The highest BCUT2D eigenvalue weighted by Crippen LogP contribution is 2.32. The zero-order valence-corrected chi connectivity index (χ0v) is 20.7. The Labute approximate surface area is 199 Å². The number of methoxy groups -OCH3 is 2. The number of carbonyl (C=O) groups excluding carboxylic acids is 2. The highest BCUT2D eigenvalue weighted by atomic mass is 32.2. The Morgan fingerprint density at radius 3 is 2.21 bits per heavy atom. The normalized spacial score (nSPS) is 11.9. The molecule has 2 aromatic rings. The highest BCUT2D eigenvalue weighted by Gasteiger charge is 2.30. The van der Waals surface area contributed by atoms with Crippen molar-refractivity contribution in [3.05, 3.63) is 53.8 Å². The van der Waals surface area contributed by atoms with Gasteiger partial charge in [-0.25, -0.2) is 12.8 Å². The molecule has 0 radical (unpaired) electrons. The smallest absolute Gasteiger partial charge is 0.244 e. The van der Waals surface area contributed by atoms with E-state index < -0.39 is 40.2 Å². The third-order valence-electron chi connectivity index (χ3n) is 5.12. The number of halogens is 1. The SMILES string of the molecule is CCNC(=O)C(C)N(Cc1ccc(F)cc1)C(=O)CN(c1ccc(OC)c(OC)c1)S(C)(=O)=O. The summed E-state index contributed by atoms with van der Waals surface area (Å²) >= 11 is 0. The monoisotopic (exact) mass is 495 g/mol. The second kappa shape index (κ2) is 11.7. The first-order valence-electron chi connectivity index (χ1n) is 10.5. The summed E-state index contributed by atoms with van der Waals surface area (Å²) in [6, 6.07) is 9.08. The van der Waals surface area contributed by atoms with Gasteiger partial charge in [-0.05, 0) is 43.7 Å². The molecule has 0 aliphatic rings. The van der Waals surface area contributed by atoms with E-state index in [1.807, 2.05) is 0 Å². The molecule has 0 spiro atoms. The van der Waals surface area contributed by atoms with E-state index in [-0.39, 0.29) is 12.2 Å². The molecule has 1 unspecified atom stereocenters. The van der Waals surface area contributed by atoms with Gasteiger partial charge in [-0.15, -0.1) is 0 Å². The summed E-state index contributed by atoms with van der Waals surface area (Å²) in [7, 11) is -1.02. The first-order valence-corrected chi connectivity index (χ1v) is 12.4. The number of hydrogen-bond donors (Lipinski definition) is 1. The Morgan fingerprint density at radius 2 is 1.68 bits per heavy atom. The number of anilines is 1. The van der Waals surface area contributed by atoms with E-state index >= 15 is 0 Å². The maximum atomic E-state index is 13.4. The first kappa shape index (κ1) is 26.9. The largest absolute Gasteiger partial charge is 0.493 e. The van der Waals surface area contributed by atoms with Crippen molar-refractivity contribution in [1.82, 2.24) is 10.2 Å². The molecule has 9 nitrogen and oxygen atoms in total. The van der Waals surface area contributed by atoms with Gasteiger partial charge in [0, 0.05) is 19.2 Å². The summed E-state index contributed by atoms with van der Waals surface area (Å²) in [5.74, 6) is -0.748. The van der Waals surface area contributed by atoms with Crippen LogP contribution in [0.5, 0.6) is 11.5 Å². The molecule has 0 heterocycles. The Morgan fingerprint density at radius 1 is 1.06 bits per heavy atom. The summed E-state index contributed by atoms with van der Waals surface area (Å²) in [5.41, 5.74) is 0.781. The molecule has 2 aromatic carbocycles. The molecular formula is C23H30FN3O6S. The van der Waals surface area contributed by atoms with Crippen LogP contribution in [0.4, 0.5) is 10.1 Å². The predicted octanol–water partition coefficient (Wildman–Crippen LogP) is 2.16. The number of nitrogens with one attached hydrogen (secondary N) is 1. The van der Waals surface area contributed by atoms with Gasteiger partial charge in [-0.1, -0.05) is 12.1 Å². The van der Waals surface area contributed by atoms with E-state index in [4.69, 9.17) is 9.47 Å². The van der Waals surface area contributed by atoms with Crippen LogP contribution in [0, 0.1) is 5.82 Å². The van der Waals surface area contributed by atoms with E-state index in [2.05, 4.69) is 5.32 Å². The average Bonchev–Trinajstić information content (AvgIpc) is 2.80. The molecular weight excluding hydrogens is 465 g/mol. The van der Waals surface area contributed by atoms with Gasteiger partial charge < -0.3 is 19.7 Å². The van der Waals surface area contributed by atoms with Crippen LogP contribution in [0.3, 0.4) is 0 Å². The van der Waals surface area contributed by atoms with Crippen LogP contribution < -0.4 is 19.1 Å². The van der Waals surface area contributed by atoms with Crippen molar-refractivity contribution in [2.45, 2.75) is 26.4 Å². The molecule has 1 N–H and O–H groups in total. The third kappa shape index (κ3) is 6.83. The van der Waals surface area contributed by atoms with E-state index in [9.17, 15) is 22.4 Å². The third-order valence-corrected chi connectivity index (χ3v) is 6.26. The fraction of sp³-hybridized carbons (Fsp3) is 0.391. The van der Waals surface area contributed by atoms with Gasteiger partial charge in [0.2, 0.25) is 21.8 Å². The lowest BCUT2D eigenvalue weighted by Crippen LogP contribution is -2.51. The molecule has 2 rings (SSSR count). The van der Waals surface area contributed by atoms with E-state index in [1.54, 1.807) is 13.8 Å². The van der Waals surface area contributed by atoms with Crippen LogP contribution in [0.1, 0.15) is 19.4 Å². The Kier molecular flexibility index (Phi) is 9.25. The Balaban J connectivity index is 2.42. The summed E-state index contributed by atoms with van der Waals surface area (Å²) in [6.07, 6.45) is 0.981. The van der Waals surface area contributed by atoms with E-state index in [0.717, 1.165) is 10.6 Å².